The van der Waals surface area contributed by atoms with E-state index in [1.807, 2.05) is 6.07 Å². The number of aliphatic imine (C=N–C) groups is 1. The number of phenolic OH excluding ortho intramolecular Hbond substituents is 1. The third-order valence-electron chi connectivity index (χ3n) is 4.38. The van der Waals surface area contributed by atoms with Crippen molar-refractivity contribution >= 4 is 29.9 Å². The summed E-state index contributed by atoms with van der Waals surface area (Å²) in [6, 6.07) is 5.44. The summed E-state index contributed by atoms with van der Waals surface area (Å²) in [5.41, 5.74) is 0.974. The molecular weight excluding hydrogens is 429 g/mol. The molecular formula is C19H32IN3O2. The first-order chi connectivity index (χ1) is 11.5. The molecule has 0 radical (unpaired) electrons. The highest BCUT2D eigenvalue weighted by molar-refractivity contribution is 14.0. The molecule has 1 atom stereocenters. The number of rotatable bonds is 6. The highest BCUT2D eigenvalue weighted by atomic mass is 127. The molecule has 1 aliphatic rings. The molecule has 0 saturated carbocycles. The number of nitrogens with one attached hydrogen (secondary N) is 1. The van der Waals surface area contributed by atoms with Crippen molar-refractivity contribution in [1.82, 2.24) is 10.2 Å². The number of hydrogen-bond donors (Lipinski definition) is 2. The van der Waals surface area contributed by atoms with Crippen LogP contribution in [-0.2, 0) is 6.54 Å². The SMILES string of the molecule is CCNC(=NCc1ccc(OC)c(O)c1)N1CCC(CC(C)C)C1.I. The minimum absolute atomic E-state index is 0. The minimum atomic E-state index is 0. The summed E-state index contributed by atoms with van der Waals surface area (Å²) in [6.07, 6.45) is 2.52. The van der Waals surface area contributed by atoms with Crippen molar-refractivity contribution in [3.05, 3.63) is 23.8 Å². The largest absolute Gasteiger partial charge is 0.504 e. The lowest BCUT2D eigenvalue weighted by molar-refractivity contribution is 0.373. The Kier molecular flexibility index (Phi) is 9.38. The maximum atomic E-state index is 9.89. The Balaban J connectivity index is 0.00000312. The Morgan fingerprint density at radius 3 is 2.80 bits per heavy atom. The zero-order chi connectivity index (χ0) is 17.5. The van der Waals surface area contributed by atoms with Crippen LogP contribution in [0.3, 0.4) is 0 Å². The zero-order valence-corrected chi connectivity index (χ0v) is 18.1. The van der Waals surface area contributed by atoms with Crippen molar-refractivity contribution in [3.8, 4) is 11.5 Å². The Labute approximate surface area is 168 Å². The average Bonchev–Trinajstić information content (AvgIpc) is 2.99. The maximum Gasteiger partial charge on any atom is 0.194 e. The molecule has 1 aromatic carbocycles. The van der Waals surface area contributed by atoms with Gasteiger partial charge in [-0.1, -0.05) is 19.9 Å². The molecule has 6 heteroatoms. The van der Waals surface area contributed by atoms with Crippen LogP contribution < -0.4 is 10.1 Å². The normalized spacial score (nSPS) is 17.6. The number of hydrogen-bond acceptors (Lipinski definition) is 3. The van der Waals surface area contributed by atoms with Crippen LogP contribution in [0.25, 0.3) is 0 Å². The van der Waals surface area contributed by atoms with Crippen LogP contribution in [0.2, 0.25) is 0 Å². The summed E-state index contributed by atoms with van der Waals surface area (Å²) >= 11 is 0. The second-order valence-electron chi connectivity index (χ2n) is 6.91. The standard InChI is InChI=1S/C19H31N3O2.HI/c1-5-20-19(22-9-8-16(13-22)10-14(2)3)21-12-15-6-7-18(24-4)17(23)11-15;/h6-7,11,14,16,23H,5,8-10,12-13H2,1-4H3,(H,20,21);1H. The number of aromatic hydroxyl groups is 1. The van der Waals surface area contributed by atoms with Crippen molar-refractivity contribution in [2.24, 2.45) is 16.8 Å². The van der Waals surface area contributed by atoms with Gasteiger partial charge in [0.1, 0.15) is 0 Å². The van der Waals surface area contributed by atoms with Crippen molar-refractivity contribution < 1.29 is 9.84 Å². The fraction of sp³-hybridized carbons (Fsp3) is 0.632. The average molecular weight is 461 g/mol. The van der Waals surface area contributed by atoms with Gasteiger partial charge in [-0.05, 0) is 49.3 Å². The Hall–Kier alpha value is -1.18. The van der Waals surface area contributed by atoms with Gasteiger partial charge in [-0.3, -0.25) is 0 Å². The van der Waals surface area contributed by atoms with Crippen LogP contribution in [0.15, 0.2) is 23.2 Å². The molecule has 5 nitrogen and oxygen atoms in total. The summed E-state index contributed by atoms with van der Waals surface area (Å²) < 4.78 is 5.08. The molecule has 1 saturated heterocycles. The molecule has 1 unspecified atom stereocenters. The van der Waals surface area contributed by atoms with Gasteiger partial charge in [0.05, 0.1) is 13.7 Å². The monoisotopic (exact) mass is 461 g/mol. The van der Waals surface area contributed by atoms with Crippen LogP contribution in [0.5, 0.6) is 11.5 Å². The van der Waals surface area contributed by atoms with E-state index in [1.54, 1.807) is 19.2 Å². The summed E-state index contributed by atoms with van der Waals surface area (Å²) in [5.74, 6) is 3.13. The van der Waals surface area contributed by atoms with Gasteiger partial charge >= 0.3 is 0 Å². The van der Waals surface area contributed by atoms with Gasteiger partial charge in [-0.15, -0.1) is 24.0 Å². The van der Waals surface area contributed by atoms with Gasteiger partial charge in [0.15, 0.2) is 17.5 Å². The number of guanidine groups is 1. The van der Waals surface area contributed by atoms with E-state index >= 15 is 0 Å². The van der Waals surface area contributed by atoms with E-state index in [1.165, 1.54) is 12.8 Å². The Morgan fingerprint density at radius 1 is 1.44 bits per heavy atom. The van der Waals surface area contributed by atoms with Crippen molar-refractivity contribution in [2.75, 3.05) is 26.7 Å². The Bertz CT molecular complexity index is 564. The van der Waals surface area contributed by atoms with E-state index in [2.05, 4.69) is 31.0 Å². The van der Waals surface area contributed by atoms with E-state index in [0.717, 1.165) is 43.0 Å². The van der Waals surface area contributed by atoms with Crippen molar-refractivity contribution in [2.45, 2.75) is 40.2 Å². The second-order valence-corrected chi connectivity index (χ2v) is 6.91. The molecule has 0 amide bonds. The predicted molar refractivity (Wildman–Crippen MR) is 114 cm³/mol. The van der Waals surface area contributed by atoms with E-state index < -0.39 is 0 Å². The molecule has 1 fully saturated rings. The number of nitrogens with zero attached hydrogens (tertiary/aromatic N) is 2. The number of halogens is 1. The van der Waals surface area contributed by atoms with Crippen molar-refractivity contribution in [3.63, 3.8) is 0 Å². The highest BCUT2D eigenvalue weighted by Crippen LogP contribution is 2.27. The number of phenols is 1. The third kappa shape index (κ3) is 6.56. The molecule has 1 heterocycles. The van der Waals surface area contributed by atoms with Crippen LogP contribution in [0.4, 0.5) is 0 Å². The minimum Gasteiger partial charge on any atom is -0.504 e. The molecule has 2 rings (SSSR count). The maximum absolute atomic E-state index is 9.89. The first-order valence-corrected chi connectivity index (χ1v) is 8.92. The van der Waals surface area contributed by atoms with Gasteiger partial charge < -0.3 is 20.1 Å². The summed E-state index contributed by atoms with van der Waals surface area (Å²) in [7, 11) is 1.55. The lowest BCUT2D eigenvalue weighted by atomic mass is 9.97. The molecule has 142 valence electrons. The van der Waals surface area contributed by atoms with Crippen LogP contribution in [0.1, 0.15) is 39.2 Å². The molecule has 0 spiro atoms. The quantitative estimate of drug-likeness (QED) is 0.384. The van der Waals surface area contributed by atoms with E-state index in [0.29, 0.717) is 12.3 Å². The molecule has 2 N–H and O–H groups in total. The fourth-order valence-corrected chi connectivity index (χ4v) is 3.31. The number of ether oxygens (including phenoxy) is 1. The summed E-state index contributed by atoms with van der Waals surface area (Å²) in [4.78, 5) is 7.12. The van der Waals surface area contributed by atoms with Gasteiger partial charge in [0, 0.05) is 19.6 Å². The molecule has 1 aromatic rings. The number of benzene rings is 1. The van der Waals surface area contributed by atoms with Crippen LogP contribution in [-0.4, -0.2) is 42.7 Å². The highest BCUT2D eigenvalue weighted by Gasteiger charge is 2.25. The molecule has 1 aliphatic heterocycles. The van der Waals surface area contributed by atoms with Crippen molar-refractivity contribution in [1.29, 1.82) is 0 Å². The van der Waals surface area contributed by atoms with Gasteiger partial charge in [0.25, 0.3) is 0 Å². The lowest BCUT2D eigenvalue weighted by Gasteiger charge is -2.22. The van der Waals surface area contributed by atoms with E-state index in [9.17, 15) is 5.11 Å². The van der Waals surface area contributed by atoms with Crippen LogP contribution >= 0.6 is 24.0 Å². The predicted octanol–water partition coefficient (Wildman–Crippen LogP) is 3.85. The number of likely N-dealkylation sites (tertiary alicyclic amines) is 1. The number of methoxy groups -OCH3 is 1. The lowest BCUT2D eigenvalue weighted by Crippen LogP contribution is -2.40. The third-order valence-corrected chi connectivity index (χ3v) is 4.38. The van der Waals surface area contributed by atoms with E-state index in [-0.39, 0.29) is 29.7 Å². The fourth-order valence-electron chi connectivity index (χ4n) is 3.31. The summed E-state index contributed by atoms with van der Waals surface area (Å²) in [6.45, 7) is 10.2. The molecule has 0 aromatic heterocycles. The second kappa shape index (κ2) is 10.7. The van der Waals surface area contributed by atoms with Gasteiger partial charge in [-0.25, -0.2) is 4.99 Å². The van der Waals surface area contributed by atoms with Gasteiger partial charge in [0.2, 0.25) is 0 Å². The molecule has 25 heavy (non-hydrogen) atoms. The summed E-state index contributed by atoms with van der Waals surface area (Å²) in [5, 5.41) is 13.3. The smallest absolute Gasteiger partial charge is 0.194 e. The molecule has 0 aliphatic carbocycles. The topological polar surface area (TPSA) is 57.1 Å². The van der Waals surface area contributed by atoms with Crippen LogP contribution in [0, 0.1) is 11.8 Å². The van der Waals surface area contributed by atoms with Gasteiger partial charge in [-0.2, -0.15) is 0 Å². The van der Waals surface area contributed by atoms with E-state index in [4.69, 9.17) is 9.73 Å². The first kappa shape index (κ1) is 21.9. The first-order valence-electron chi connectivity index (χ1n) is 8.92. The molecule has 0 bridgehead atoms. The zero-order valence-electron chi connectivity index (χ0n) is 15.8. The Morgan fingerprint density at radius 2 is 2.20 bits per heavy atom.